The predicted molar refractivity (Wildman–Crippen MR) is 69.2 cm³/mol. The van der Waals surface area contributed by atoms with Crippen LogP contribution in [0.5, 0.6) is 0 Å². The van der Waals surface area contributed by atoms with Gasteiger partial charge in [0.1, 0.15) is 5.82 Å². The Bertz CT molecular complexity index is 499. The van der Waals surface area contributed by atoms with Crippen LogP contribution < -0.4 is 5.32 Å². The molecular weight excluding hydrogens is 283 g/mol. The number of nitrogens with one attached hydrogen (secondary N) is 1. The molecule has 17 heavy (non-hydrogen) atoms. The van der Waals surface area contributed by atoms with Gasteiger partial charge in [0, 0.05) is 16.2 Å². The number of halogens is 2. The zero-order valence-corrected chi connectivity index (χ0v) is 10.9. The van der Waals surface area contributed by atoms with Crippen molar-refractivity contribution < 1.29 is 4.39 Å². The fourth-order valence-corrected chi connectivity index (χ4v) is 2.04. The van der Waals surface area contributed by atoms with Gasteiger partial charge in [0.15, 0.2) is 0 Å². The molecule has 2 rings (SSSR count). The van der Waals surface area contributed by atoms with Crippen LogP contribution in [0.2, 0.25) is 0 Å². The number of pyridine rings is 1. The standard InChI is InChI=1S/C13H12BrFN2/c1-16-13(9-2-4-10(14)5-3-9)11-6-7-17-8-12(11)15/h2-8,13,16H,1H3. The van der Waals surface area contributed by atoms with E-state index < -0.39 is 0 Å². The van der Waals surface area contributed by atoms with Crippen molar-refractivity contribution in [3.63, 3.8) is 0 Å². The lowest BCUT2D eigenvalue weighted by molar-refractivity contribution is 0.571. The van der Waals surface area contributed by atoms with Crippen molar-refractivity contribution >= 4 is 15.9 Å². The first-order valence-corrected chi connectivity index (χ1v) is 6.04. The van der Waals surface area contributed by atoms with E-state index in [1.165, 1.54) is 6.20 Å². The van der Waals surface area contributed by atoms with Crippen molar-refractivity contribution in [1.29, 1.82) is 0 Å². The van der Waals surface area contributed by atoms with Crippen LogP contribution in [-0.2, 0) is 0 Å². The maximum absolute atomic E-state index is 13.7. The summed E-state index contributed by atoms with van der Waals surface area (Å²) >= 11 is 3.38. The highest BCUT2D eigenvalue weighted by Gasteiger charge is 2.15. The van der Waals surface area contributed by atoms with Crippen LogP contribution in [0.25, 0.3) is 0 Å². The van der Waals surface area contributed by atoms with Gasteiger partial charge in [-0.15, -0.1) is 0 Å². The second-order valence-corrected chi connectivity index (χ2v) is 4.59. The Morgan fingerprint density at radius 1 is 1.24 bits per heavy atom. The van der Waals surface area contributed by atoms with E-state index in [4.69, 9.17) is 0 Å². The molecular formula is C13H12BrFN2. The van der Waals surface area contributed by atoms with E-state index in [0.29, 0.717) is 5.56 Å². The Hall–Kier alpha value is -1.26. The van der Waals surface area contributed by atoms with Crippen molar-refractivity contribution in [2.24, 2.45) is 0 Å². The molecule has 2 aromatic rings. The number of nitrogens with zero attached hydrogens (tertiary/aromatic N) is 1. The van der Waals surface area contributed by atoms with Gasteiger partial charge in [0.25, 0.3) is 0 Å². The molecule has 1 atom stereocenters. The lowest BCUT2D eigenvalue weighted by atomic mass is 9.99. The van der Waals surface area contributed by atoms with Gasteiger partial charge in [-0.3, -0.25) is 4.98 Å². The lowest BCUT2D eigenvalue weighted by Gasteiger charge is -2.17. The van der Waals surface area contributed by atoms with Gasteiger partial charge in [0.2, 0.25) is 0 Å². The van der Waals surface area contributed by atoms with E-state index >= 15 is 0 Å². The SMILES string of the molecule is CNC(c1ccc(Br)cc1)c1ccncc1F. The molecule has 4 heteroatoms. The summed E-state index contributed by atoms with van der Waals surface area (Å²) in [6, 6.07) is 9.35. The first-order chi connectivity index (χ1) is 8.22. The predicted octanol–water partition coefficient (Wildman–Crippen LogP) is 3.29. The van der Waals surface area contributed by atoms with E-state index in [0.717, 1.165) is 10.0 Å². The molecule has 1 aromatic heterocycles. The zero-order valence-electron chi connectivity index (χ0n) is 9.32. The summed E-state index contributed by atoms with van der Waals surface area (Å²) in [5, 5.41) is 3.11. The molecule has 0 aliphatic carbocycles. The normalized spacial score (nSPS) is 12.4. The smallest absolute Gasteiger partial charge is 0.146 e. The third-order valence-corrected chi connectivity index (χ3v) is 3.14. The molecule has 0 saturated heterocycles. The average Bonchev–Trinajstić information content (AvgIpc) is 2.35. The minimum atomic E-state index is -0.297. The number of aromatic nitrogens is 1. The first-order valence-electron chi connectivity index (χ1n) is 5.24. The Balaban J connectivity index is 2.40. The maximum atomic E-state index is 13.7. The molecule has 0 bridgehead atoms. The molecule has 1 unspecified atom stereocenters. The van der Waals surface area contributed by atoms with Crippen LogP contribution in [0, 0.1) is 5.82 Å². The van der Waals surface area contributed by atoms with Gasteiger partial charge < -0.3 is 5.32 Å². The highest BCUT2D eigenvalue weighted by atomic mass is 79.9. The van der Waals surface area contributed by atoms with Crippen LogP contribution in [0.1, 0.15) is 17.2 Å². The minimum Gasteiger partial charge on any atom is -0.309 e. The summed E-state index contributed by atoms with van der Waals surface area (Å²) in [6.45, 7) is 0. The lowest BCUT2D eigenvalue weighted by Crippen LogP contribution is -2.18. The molecule has 1 heterocycles. The van der Waals surface area contributed by atoms with Gasteiger partial charge in [0.05, 0.1) is 12.2 Å². The summed E-state index contributed by atoms with van der Waals surface area (Å²) < 4.78 is 14.7. The number of rotatable bonds is 3. The van der Waals surface area contributed by atoms with Crippen LogP contribution in [0.3, 0.4) is 0 Å². The van der Waals surface area contributed by atoms with Crippen molar-refractivity contribution in [1.82, 2.24) is 10.3 Å². The largest absolute Gasteiger partial charge is 0.309 e. The Morgan fingerprint density at radius 3 is 2.53 bits per heavy atom. The highest BCUT2D eigenvalue weighted by molar-refractivity contribution is 9.10. The van der Waals surface area contributed by atoms with Gasteiger partial charge in [-0.05, 0) is 30.8 Å². The molecule has 0 amide bonds. The third-order valence-electron chi connectivity index (χ3n) is 2.61. The average molecular weight is 295 g/mol. The topological polar surface area (TPSA) is 24.9 Å². The van der Waals surface area contributed by atoms with Crippen molar-refractivity contribution in [3.8, 4) is 0 Å². The maximum Gasteiger partial charge on any atom is 0.146 e. The van der Waals surface area contributed by atoms with Crippen LogP contribution >= 0.6 is 15.9 Å². The molecule has 1 N–H and O–H groups in total. The van der Waals surface area contributed by atoms with E-state index in [9.17, 15) is 4.39 Å². The highest BCUT2D eigenvalue weighted by Crippen LogP contribution is 2.24. The fourth-order valence-electron chi connectivity index (χ4n) is 1.78. The molecule has 88 valence electrons. The second kappa shape index (κ2) is 5.38. The van der Waals surface area contributed by atoms with E-state index in [1.807, 2.05) is 31.3 Å². The van der Waals surface area contributed by atoms with Gasteiger partial charge >= 0.3 is 0 Å². The molecule has 2 nitrogen and oxygen atoms in total. The molecule has 0 aliphatic rings. The minimum absolute atomic E-state index is 0.161. The number of hydrogen-bond acceptors (Lipinski definition) is 2. The van der Waals surface area contributed by atoms with E-state index in [-0.39, 0.29) is 11.9 Å². The number of benzene rings is 1. The molecule has 0 fully saturated rings. The monoisotopic (exact) mass is 294 g/mol. The molecule has 0 saturated carbocycles. The number of hydrogen-bond donors (Lipinski definition) is 1. The summed E-state index contributed by atoms with van der Waals surface area (Å²) in [5.41, 5.74) is 1.62. The Labute approximate surface area is 108 Å². The second-order valence-electron chi connectivity index (χ2n) is 3.67. The summed E-state index contributed by atoms with van der Waals surface area (Å²) in [5.74, 6) is -0.297. The van der Waals surface area contributed by atoms with Gasteiger partial charge in [-0.25, -0.2) is 4.39 Å². The van der Waals surface area contributed by atoms with Crippen LogP contribution in [0.15, 0.2) is 47.2 Å². The first kappa shape index (κ1) is 12.2. The molecule has 0 aliphatic heterocycles. The Morgan fingerprint density at radius 2 is 1.94 bits per heavy atom. The Kier molecular flexibility index (Phi) is 3.86. The summed E-state index contributed by atoms with van der Waals surface area (Å²) in [7, 11) is 1.81. The van der Waals surface area contributed by atoms with Crippen molar-refractivity contribution in [3.05, 3.63) is 64.1 Å². The summed E-state index contributed by atoms with van der Waals surface area (Å²) in [4.78, 5) is 3.76. The van der Waals surface area contributed by atoms with Gasteiger partial charge in [-0.1, -0.05) is 28.1 Å². The quantitative estimate of drug-likeness (QED) is 0.940. The van der Waals surface area contributed by atoms with Crippen molar-refractivity contribution in [2.45, 2.75) is 6.04 Å². The van der Waals surface area contributed by atoms with Crippen LogP contribution in [0.4, 0.5) is 4.39 Å². The van der Waals surface area contributed by atoms with Gasteiger partial charge in [-0.2, -0.15) is 0 Å². The van der Waals surface area contributed by atoms with E-state index in [2.05, 4.69) is 26.2 Å². The van der Waals surface area contributed by atoms with E-state index in [1.54, 1.807) is 12.3 Å². The fraction of sp³-hybridized carbons (Fsp3) is 0.154. The molecule has 0 radical (unpaired) electrons. The van der Waals surface area contributed by atoms with Crippen molar-refractivity contribution in [2.75, 3.05) is 7.05 Å². The molecule has 1 aromatic carbocycles. The zero-order chi connectivity index (χ0) is 12.3. The summed E-state index contributed by atoms with van der Waals surface area (Å²) in [6.07, 6.45) is 2.83. The van der Waals surface area contributed by atoms with Crippen LogP contribution in [-0.4, -0.2) is 12.0 Å². The molecule has 0 spiro atoms. The third kappa shape index (κ3) is 2.70.